The molecule has 0 atom stereocenters. The molecule has 0 saturated carbocycles. The van der Waals surface area contributed by atoms with Gasteiger partial charge >= 0.3 is 5.97 Å². The molecule has 16 heavy (non-hydrogen) atoms. The van der Waals surface area contributed by atoms with Gasteiger partial charge in [-0.05, 0) is 6.08 Å². The van der Waals surface area contributed by atoms with E-state index in [1.165, 1.54) is 31.4 Å². The SMILES string of the molecule is COC(=O)/C=C\C=C\C(=O)c1ccccc1. The third-order valence-corrected chi connectivity index (χ3v) is 1.85. The van der Waals surface area contributed by atoms with Crippen LogP contribution in [0.15, 0.2) is 54.6 Å². The Morgan fingerprint density at radius 1 is 1.06 bits per heavy atom. The predicted molar refractivity (Wildman–Crippen MR) is 61.1 cm³/mol. The van der Waals surface area contributed by atoms with Crippen LogP contribution in [0.25, 0.3) is 0 Å². The number of ketones is 1. The molecule has 0 fully saturated rings. The highest BCUT2D eigenvalue weighted by Crippen LogP contribution is 2.00. The molecule has 0 aliphatic carbocycles. The fourth-order valence-corrected chi connectivity index (χ4v) is 1.04. The number of allylic oxidation sites excluding steroid dienone is 3. The van der Waals surface area contributed by atoms with Gasteiger partial charge in [-0.3, -0.25) is 4.79 Å². The lowest BCUT2D eigenvalue weighted by Gasteiger charge is -1.92. The first-order chi connectivity index (χ1) is 7.74. The van der Waals surface area contributed by atoms with Crippen LogP contribution in [0.5, 0.6) is 0 Å². The molecule has 0 N–H and O–H groups in total. The molecular weight excluding hydrogens is 204 g/mol. The minimum absolute atomic E-state index is 0.102. The zero-order chi connectivity index (χ0) is 11.8. The van der Waals surface area contributed by atoms with Gasteiger partial charge in [0.2, 0.25) is 0 Å². The number of hydrogen-bond acceptors (Lipinski definition) is 3. The van der Waals surface area contributed by atoms with Crippen LogP contribution in [0.2, 0.25) is 0 Å². The number of benzene rings is 1. The third-order valence-electron chi connectivity index (χ3n) is 1.85. The molecule has 0 heterocycles. The van der Waals surface area contributed by atoms with Crippen molar-refractivity contribution in [2.75, 3.05) is 7.11 Å². The van der Waals surface area contributed by atoms with E-state index in [0.717, 1.165) is 0 Å². The summed E-state index contributed by atoms with van der Waals surface area (Å²) in [5, 5.41) is 0. The summed E-state index contributed by atoms with van der Waals surface area (Å²) in [7, 11) is 1.30. The fraction of sp³-hybridized carbons (Fsp3) is 0.0769. The van der Waals surface area contributed by atoms with Crippen LogP contribution in [0, 0.1) is 0 Å². The largest absolute Gasteiger partial charge is 0.466 e. The molecule has 0 aliphatic rings. The van der Waals surface area contributed by atoms with Gasteiger partial charge in [0, 0.05) is 11.6 Å². The summed E-state index contributed by atoms with van der Waals surface area (Å²) in [6.45, 7) is 0. The van der Waals surface area contributed by atoms with Gasteiger partial charge in [0.15, 0.2) is 5.78 Å². The van der Waals surface area contributed by atoms with Gasteiger partial charge < -0.3 is 4.74 Å². The van der Waals surface area contributed by atoms with E-state index >= 15 is 0 Å². The minimum Gasteiger partial charge on any atom is -0.466 e. The number of carbonyl (C=O) groups is 2. The quantitative estimate of drug-likeness (QED) is 0.335. The minimum atomic E-state index is -0.447. The molecule has 0 aromatic heterocycles. The van der Waals surface area contributed by atoms with E-state index in [2.05, 4.69) is 4.74 Å². The van der Waals surface area contributed by atoms with Crippen LogP contribution in [0.3, 0.4) is 0 Å². The van der Waals surface area contributed by atoms with Crippen molar-refractivity contribution in [2.24, 2.45) is 0 Å². The normalized spacial score (nSPS) is 10.8. The van der Waals surface area contributed by atoms with E-state index < -0.39 is 5.97 Å². The Morgan fingerprint density at radius 2 is 1.69 bits per heavy atom. The van der Waals surface area contributed by atoms with Crippen LogP contribution in [0.4, 0.5) is 0 Å². The van der Waals surface area contributed by atoms with Gasteiger partial charge in [-0.25, -0.2) is 4.79 Å². The van der Waals surface area contributed by atoms with Crippen LogP contribution in [0.1, 0.15) is 10.4 Å². The summed E-state index contributed by atoms with van der Waals surface area (Å²) >= 11 is 0. The molecule has 0 saturated heterocycles. The van der Waals surface area contributed by atoms with E-state index in [-0.39, 0.29) is 5.78 Å². The van der Waals surface area contributed by atoms with Crippen molar-refractivity contribution in [3.8, 4) is 0 Å². The molecule has 0 amide bonds. The second-order valence-corrected chi connectivity index (χ2v) is 2.97. The average molecular weight is 216 g/mol. The topological polar surface area (TPSA) is 43.4 Å². The highest BCUT2D eigenvalue weighted by atomic mass is 16.5. The lowest BCUT2D eigenvalue weighted by molar-refractivity contribution is -0.134. The van der Waals surface area contributed by atoms with E-state index in [1.54, 1.807) is 24.3 Å². The molecule has 0 bridgehead atoms. The van der Waals surface area contributed by atoms with E-state index in [0.29, 0.717) is 5.56 Å². The molecule has 0 aliphatic heterocycles. The van der Waals surface area contributed by atoms with Crippen LogP contribution >= 0.6 is 0 Å². The molecule has 0 unspecified atom stereocenters. The number of methoxy groups -OCH3 is 1. The molecule has 0 radical (unpaired) electrons. The Labute approximate surface area is 94.0 Å². The maximum absolute atomic E-state index is 11.5. The summed E-state index contributed by atoms with van der Waals surface area (Å²) < 4.78 is 4.40. The van der Waals surface area contributed by atoms with E-state index in [4.69, 9.17) is 0 Å². The molecule has 3 heteroatoms. The number of esters is 1. The molecule has 3 nitrogen and oxygen atoms in total. The Morgan fingerprint density at radius 3 is 2.31 bits per heavy atom. The van der Waals surface area contributed by atoms with Crippen molar-refractivity contribution in [1.82, 2.24) is 0 Å². The second kappa shape index (κ2) is 6.35. The van der Waals surface area contributed by atoms with Crippen molar-refractivity contribution in [2.45, 2.75) is 0 Å². The first kappa shape index (κ1) is 11.9. The van der Waals surface area contributed by atoms with Gasteiger partial charge in [-0.15, -0.1) is 0 Å². The van der Waals surface area contributed by atoms with Gasteiger partial charge in [0.1, 0.15) is 0 Å². The van der Waals surface area contributed by atoms with Crippen molar-refractivity contribution in [3.05, 3.63) is 60.2 Å². The van der Waals surface area contributed by atoms with Crippen LogP contribution < -0.4 is 0 Å². The van der Waals surface area contributed by atoms with Crippen LogP contribution in [-0.4, -0.2) is 18.9 Å². The zero-order valence-corrected chi connectivity index (χ0v) is 8.92. The van der Waals surface area contributed by atoms with Gasteiger partial charge in [-0.1, -0.05) is 42.5 Å². The summed E-state index contributed by atoms with van der Waals surface area (Å²) in [6, 6.07) is 8.90. The lowest BCUT2D eigenvalue weighted by atomic mass is 10.1. The number of carbonyl (C=O) groups excluding carboxylic acids is 2. The van der Waals surface area contributed by atoms with Crippen molar-refractivity contribution in [3.63, 3.8) is 0 Å². The summed E-state index contributed by atoms with van der Waals surface area (Å²) in [4.78, 5) is 22.2. The smallest absolute Gasteiger partial charge is 0.330 e. The number of ether oxygens (including phenoxy) is 1. The monoisotopic (exact) mass is 216 g/mol. The van der Waals surface area contributed by atoms with Crippen molar-refractivity contribution in [1.29, 1.82) is 0 Å². The Balaban J connectivity index is 2.56. The number of hydrogen-bond donors (Lipinski definition) is 0. The first-order valence-electron chi connectivity index (χ1n) is 4.76. The fourth-order valence-electron chi connectivity index (χ4n) is 1.04. The lowest BCUT2D eigenvalue weighted by Crippen LogP contribution is -1.94. The van der Waals surface area contributed by atoms with E-state index in [1.807, 2.05) is 6.07 Å². The van der Waals surface area contributed by atoms with Gasteiger partial charge in [0.25, 0.3) is 0 Å². The van der Waals surface area contributed by atoms with Crippen molar-refractivity contribution >= 4 is 11.8 Å². The highest BCUT2D eigenvalue weighted by Gasteiger charge is 1.97. The van der Waals surface area contributed by atoms with E-state index in [9.17, 15) is 9.59 Å². The van der Waals surface area contributed by atoms with Gasteiger partial charge in [0.05, 0.1) is 7.11 Å². The van der Waals surface area contributed by atoms with Gasteiger partial charge in [-0.2, -0.15) is 0 Å². The summed E-state index contributed by atoms with van der Waals surface area (Å²) in [6.07, 6.45) is 5.61. The summed E-state index contributed by atoms with van der Waals surface area (Å²) in [5.41, 5.74) is 0.616. The Bertz CT molecular complexity index is 416. The molecular formula is C13H12O3. The average Bonchev–Trinajstić information content (AvgIpc) is 2.35. The maximum Gasteiger partial charge on any atom is 0.330 e. The second-order valence-electron chi connectivity index (χ2n) is 2.97. The third kappa shape index (κ3) is 3.92. The maximum atomic E-state index is 11.5. The van der Waals surface area contributed by atoms with Crippen LogP contribution in [-0.2, 0) is 9.53 Å². The Hall–Kier alpha value is -2.16. The highest BCUT2D eigenvalue weighted by molar-refractivity contribution is 6.04. The summed E-state index contributed by atoms with van der Waals surface area (Å²) in [5.74, 6) is -0.549. The molecule has 1 aromatic carbocycles. The first-order valence-corrected chi connectivity index (χ1v) is 4.76. The standard InChI is InChI=1S/C13H12O3/c1-16-13(15)10-6-5-9-12(14)11-7-3-2-4-8-11/h2-10H,1H3/b9-5+,10-6-. The predicted octanol–water partition coefficient (Wildman–Crippen LogP) is 2.15. The molecule has 1 aromatic rings. The Kier molecular flexibility index (Phi) is 4.73. The molecule has 82 valence electrons. The molecule has 1 rings (SSSR count). The van der Waals surface area contributed by atoms with Crippen molar-refractivity contribution < 1.29 is 14.3 Å². The molecule has 0 spiro atoms. The zero-order valence-electron chi connectivity index (χ0n) is 8.92. The number of rotatable bonds is 4.